The second-order valence-electron chi connectivity index (χ2n) is 7.10. The second-order valence-corrected chi connectivity index (χ2v) is 7.10. The smallest absolute Gasteiger partial charge is 0.309 e. The summed E-state index contributed by atoms with van der Waals surface area (Å²) in [6.07, 6.45) is 7.25. The molecule has 1 aliphatic heterocycles. The predicted molar refractivity (Wildman–Crippen MR) is 72.9 cm³/mol. The Balaban J connectivity index is 2.02. The topological polar surface area (TPSA) is 63.6 Å². The molecule has 0 spiro atoms. The van der Waals surface area contributed by atoms with Gasteiger partial charge in [-0.05, 0) is 37.0 Å². The summed E-state index contributed by atoms with van der Waals surface area (Å²) in [7, 11) is 0. The molecule has 5 atom stereocenters. The SMILES string of the molecule is CC1(C(=O)O)CCCC2(C)[C@H]3CC(=O)OCC3C=C[C@@H]12. The molecule has 0 amide bonds. The summed E-state index contributed by atoms with van der Waals surface area (Å²) in [5, 5.41) is 9.67. The molecule has 1 saturated heterocycles. The summed E-state index contributed by atoms with van der Waals surface area (Å²) in [6, 6.07) is 0. The van der Waals surface area contributed by atoms with E-state index in [4.69, 9.17) is 4.74 Å². The number of carbonyl (C=O) groups is 2. The van der Waals surface area contributed by atoms with Crippen molar-refractivity contribution in [1.82, 2.24) is 0 Å². The maximum absolute atomic E-state index is 11.8. The molecule has 0 aromatic rings. The zero-order valence-corrected chi connectivity index (χ0v) is 12.1. The molecule has 0 aromatic heterocycles. The van der Waals surface area contributed by atoms with Crippen molar-refractivity contribution >= 4 is 11.9 Å². The lowest BCUT2D eigenvalue weighted by Gasteiger charge is -2.56. The number of carboxylic acid groups (broad SMARTS) is 1. The van der Waals surface area contributed by atoms with Gasteiger partial charge in [0.2, 0.25) is 0 Å². The maximum atomic E-state index is 11.8. The fraction of sp³-hybridized carbons (Fsp3) is 0.750. The zero-order chi connectivity index (χ0) is 14.5. The van der Waals surface area contributed by atoms with Crippen LogP contribution >= 0.6 is 0 Å². The number of rotatable bonds is 1. The third kappa shape index (κ3) is 1.73. The molecule has 3 aliphatic rings. The predicted octanol–water partition coefficient (Wildman–Crippen LogP) is 2.63. The maximum Gasteiger partial charge on any atom is 0.309 e. The molecule has 1 saturated carbocycles. The highest BCUT2D eigenvalue weighted by molar-refractivity contribution is 5.76. The van der Waals surface area contributed by atoms with Crippen molar-refractivity contribution in [3.8, 4) is 0 Å². The van der Waals surface area contributed by atoms with E-state index in [9.17, 15) is 14.7 Å². The lowest BCUT2D eigenvalue weighted by molar-refractivity contribution is -0.169. The first kappa shape index (κ1) is 13.7. The van der Waals surface area contributed by atoms with Crippen LogP contribution in [0.25, 0.3) is 0 Å². The molecule has 4 nitrogen and oxygen atoms in total. The van der Waals surface area contributed by atoms with E-state index in [1.165, 1.54) is 0 Å². The van der Waals surface area contributed by atoms with Gasteiger partial charge in [0.1, 0.15) is 0 Å². The molecule has 2 fully saturated rings. The summed E-state index contributed by atoms with van der Waals surface area (Å²) in [4.78, 5) is 23.4. The van der Waals surface area contributed by atoms with Gasteiger partial charge in [-0.15, -0.1) is 0 Å². The van der Waals surface area contributed by atoms with Gasteiger partial charge >= 0.3 is 11.9 Å². The van der Waals surface area contributed by atoms with Crippen LogP contribution in [0.15, 0.2) is 12.2 Å². The van der Waals surface area contributed by atoms with Crippen LogP contribution in [0.1, 0.15) is 39.5 Å². The molecule has 110 valence electrons. The summed E-state index contributed by atoms with van der Waals surface area (Å²) in [6.45, 7) is 4.49. The lowest BCUT2D eigenvalue weighted by Crippen LogP contribution is -2.55. The molecule has 0 aromatic carbocycles. The Morgan fingerprint density at radius 3 is 2.80 bits per heavy atom. The molecule has 0 radical (unpaired) electrons. The highest BCUT2D eigenvalue weighted by Crippen LogP contribution is 2.60. The van der Waals surface area contributed by atoms with E-state index >= 15 is 0 Å². The Kier molecular flexibility index (Phi) is 2.96. The van der Waals surface area contributed by atoms with Crippen LogP contribution in [0, 0.1) is 28.6 Å². The van der Waals surface area contributed by atoms with Crippen molar-refractivity contribution in [2.75, 3.05) is 6.61 Å². The van der Waals surface area contributed by atoms with Crippen molar-refractivity contribution in [2.24, 2.45) is 28.6 Å². The van der Waals surface area contributed by atoms with Crippen molar-refractivity contribution < 1.29 is 19.4 Å². The van der Waals surface area contributed by atoms with E-state index < -0.39 is 11.4 Å². The number of carbonyl (C=O) groups excluding carboxylic acids is 1. The summed E-state index contributed by atoms with van der Waals surface area (Å²) in [5.74, 6) is -0.366. The minimum atomic E-state index is -0.713. The van der Waals surface area contributed by atoms with Crippen LogP contribution in [0.5, 0.6) is 0 Å². The highest BCUT2D eigenvalue weighted by atomic mass is 16.5. The fourth-order valence-corrected chi connectivity index (χ4v) is 4.82. The number of ether oxygens (including phenoxy) is 1. The van der Waals surface area contributed by atoms with Gasteiger partial charge in [0.05, 0.1) is 12.0 Å². The number of cyclic esters (lactones) is 1. The van der Waals surface area contributed by atoms with E-state index in [0.29, 0.717) is 13.0 Å². The normalized spacial score (nSPS) is 47.1. The van der Waals surface area contributed by atoms with Crippen LogP contribution in [0.2, 0.25) is 0 Å². The van der Waals surface area contributed by atoms with Crippen LogP contribution in [0.3, 0.4) is 0 Å². The Morgan fingerprint density at radius 1 is 1.35 bits per heavy atom. The largest absolute Gasteiger partial charge is 0.481 e. The van der Waals surface area contributed by atoms with E-state index in [0.717, 1.165) is 19.3 Å². The third-order valence-electron chi connectivity index (χ3n) is 6.04. The molecule has 4 heteroatoms. The van der Waals surface area contributed by atoms with E-state index in [1.54, 1.807) is 0 Å². The molecule has 3 rings (SSSR count). The first-order valence-corrected chi connectivity index (χ1v) is 7.45. The first-order valence-electron chi connectivity index (χ1n) is 7.45. The quantitative estimate of drug-likeness (QED) is 0.591. The second kappa shape index (κ2) is 4.34. The highest BCUT2D eigenvalue weighted by Gasteiger charge is 2.58. The van der Waals surface area contributed by atoms with Gasteiger partial charge in [-0.1, -0.05) is 25.5 Å². The Hall–Kier alpha value is -1.32. The molecular weight excluding hydrogens is 256 g/mol. The lowest BCUT2D eigenvalue weighted by atomic mass is 9.47. The number of fused-ring (bicyclic) bond motifs is 3. The fourth-order valence-electron chi connectivity index (χ4n) is 4.82. The number of esters is 1. The Bertz CT molecular complexity index is 483. The zero-order valence-electron chi connectivity index (χ0n) is 12.1. The van der Waals surface area contributed by atoms with E-state index in [1.807, 2.05) is 6.92 Å². The molecule has 20 heavy (non-hydrogen) atoms. The van der Waals surface area contributed by atoms with E-state index in [2.05, 4.69) is 19.1 Å². The minimum Gasteiger partial charge on any atom is -0.481 e. The average Bonchev–Trinajstić information content (AvgIpc) is 2.39. The van der Waals surface area contributed by atoms with Gasteiger partial charge in [-0.3, -0.25) is 9.59 Å². The van der Waals surface area contributed by atoms with Crippen molar-refractivity contribution in [2.45, 2.75) is 39.5 Å². The molecule has 1 heterocycles. The third-order valence-corrected chi connectivity index (χ3v) is 6.04. The van der Waals surface area contributed by atoms with Crippen molar-refractivity contribution in [1.29, 1.82) is 0 Å². The van der Waals surface area contributed by atoms with Gasteiger partial charge in [0.15, 0.2) is 0 Å². The standard InChI is InChI=1S/C16H22O4/c1-15-6-3-7-16(2,14(18)19)12(15)5-4-10-9-20-13(17)8-11(10)15/h4-5,10-12H,3,6-9H2,1-2H3,(H,18,19)/t10?,11-,12+,15?,16?/m0/s1. The molecule has 2 aliphatic carbocycles. The van der Waals surface area contributed by atoms with Crippen LogP contribution in [0.4, 0.5) is 0 Å². The number of hydrogen-bond donors (Lipinski definition) is 1. The van der Waals surface area contributed by atoms with Crippen molar-refractivity contribution in [3.63, 3.8) is 0 Å². The van der Waals surface area contributed by atoms with Crippen LogP contribution < -0.4 is 0 Å². The monoisotopic (exact) mass is 278 g/mol. The van der Waals surface area contributed by atoms with Gasteiger partial charge in [-0.25, -0.2) is 0 Å². The van der Waals surface area contributed by atoms with Crippen molar-refractivity contribution in [3.05, 3.63) is 12.2 Å². The molecular formula is C16H22O4. The number of carboxylic acids is 1. The Labute approximate surface area is 119 Å². The number of aliphatic carboxylic acids is 1. The first-order chi connectivity index (χ1) is 9.38. The summed E-state index contributed by atoms with van der Waals surface area (Å²) >= 11 is 0. The molecule has 0 bridgehead atoms. The van der Waals surface area contributed by atoms with Gasteiger partial charge in [-0.2, -0.15) is 0 Å². The summed E-state index contributed by atoms with van der Waals surface area (Å²) < 4.78 is 5.16. The molecule has 3 unspecified atom stereocenters. The van der Waals surface area contributed by atoms with E-state index in [-0.39, 0.29) is 29.1 Å². The Morgan fingerprint density at radius 2 is 2.10 bits per heavy atom. The van der Waals surface area contributed by atoms with Crippen LogP contribution in [-0.2, 0) is 14.3 Å². The summed E-state index contributed by atoms with van der Waals surface area (Å²) in [5.41, 5.74) is -0.819. The van der Waals surface area contributed by atoms with Crippen LogP contribution in [-0.4, -0.2) is 23.7 Å². The van der Waals surface area contributed by atoms with Gasteiger partial charge in [0, 0.05) is 12.3 Å². The van der Waals surface area contributed by atoms with Gasteiger partial charge in [0.25, 0.3) is 0 Å². The minimum absolute atomic E-state index is 0.00778. The molecule has 1 N–H and O–H groups in total. The number of hydrogen-bond acceptors (Lipinski definition) is 3. The number of allylic oxidation sites excluding steroid dienone is 1. The van der Waals surface area contributed by atoms with Gasteiger partial charge < -0.3 is 9.84 Å². The average molecular weight is 278 g/mol.